The van der Waals surface area contributed by atoms with Crippen molar-refractivity contribution in [3.8, 4) is 0 Å². The zero-order valence-electron chi connectivity index (χ0n) is 11.5. The van der Waals surface area contributed by atoms with E-state index in [1.54, 1.807) is 36.4 Å². The van der Waals surface area contributed by atoms with E-state index in [1.165, 1.54) is 6.07 Å². The normalized spacial score (nSPS) is 10.7. The van der Waals surface area contributed by atoms with Gasteiger partial charge in [0.25, 0.3) is 0 Å². The third-order valence-electron chi connectivity index (χ3n) is 3.28. The van der Waals surface area contributed by atoms with Crippen LogP contribution in [0, 0.1) is 0 Å². The number of ketones is 1. The molecule has 0 spiro atoms. The van der Waals surface area contributed by atoms with Crippen LogP contribution in [0.5, 0.6) is 0 Å². The van der Waals surface area contributed by atoms with Crippen LogP contribution in [0.4, 0.5) is 0 Å². The van der Waals surface area contributed by atoms with E-state index in [1.807, 2.05) is 6.07 Å². The van der Waals surface area contributed by atoms with Crippen molar-refractivity contribution in [2.75, 3.05) is 0 Å². The monoisotopic (exact) mass is 296 g/mol. The van der Waals surface area contributed by atoms with Gasteiger partial charge in [0, 0.05) is 11.1 Å². The van der Waals surface area contributed by atoms with Crippen LogP contribution in [0.15, 0.2) is 57.7 Å². The lowest BCUT2D eigenvalue weighted by Crippen LogP contribution is -2.24. The first-order valence-corrected chi connectivity index (χ1v) is 6.58. The van der Waals surface area contributed by atoms with Crippen molar-refractivity contribution in [3.05, 3.63) is 70.2 Å². The quantitative estimate of drug-likeness (QED) is 0.734. The number of hydrogen-bond acceptors (Lipinski definition) is 4. The molecule has 0 aliphatic heterocycles. The molecule has 2 aromatic carbocycles. The van der Waals surface area contributed by atoms with Gasteiger partial charge in [0.2, 0.25) is 5.91 Å². The van der Waals surface area contributed by atoms with E-state index in [9.17, 15) is 14.4 Å². The molecule has 6 heteroatoms. The van der Waals surface area contributed by atoms with Crippen LogP contribution in [0.25, 0.3) is 11.1 Å². The number of oxazole rings is 1. The lowest BCUT2D eigenvalue weighted by Gasteiger charge is -2.02. The Balaban J connectivity index is 2.06. The van der Waals surface area contributed by atoms with Crippen LogP contribution in [-0.2, 0) is 11.3 Å². The summed E-state index contributed by atoms with van der Waals surface area (Å²) < 4.78 is 6.21. The van der Waals surface area contributed by atoms with E-state index in [2.05, 4.69) is 0 Å². The molecule has 0 saturated heterocycles. The maximum absolute atomic E-state index is 12.4. The number of hydrogen-bond donors (Lipinski definition) is 1. The molecule has 3 aromatic rings. The number of aromatic nitrogens is 1. The van der Waals surface area contributed by atoms with Gasteiger partial charge in [-0.2, -0.15) is 0 Å². The van der Waals surface area contributed by atoms with Gasteiger partial charge in [-0.25, -0.2) is 4.79 Å². The van der Waals surface area contributed by atoms with Crippen LogP contribution >= 0.6 is 0 Å². The Labute approximate surface area is 124 Å². The Bertz CT molecular complexity index is 922. The number of amides is 1. The molecule has 0 radical (unpaired) electrons. The molecule has 22 heavy (non-hydrogen) atoms. The number of fused-ring (bicyclic) bond motifs is 1. The van der Waals surface area contributed by atoms with E-state index < -0.39 is 11.7 Å². The molecule has 0 fully saturated rings. The highest BCUT2D eigenvalue weighted by atomic mass is 16.4. The molecule has 0 bridgehead atoms. The topological polar surface area (TPSA) is 95.3 Å². The molecule has 0 unspecified atom stereocenters. The van der Waals surface area contributed by atoms with Crippen LogP contribution in [0.3, 0.4) is 0 Å². The summed E-state index contributed by atoms with van der Waals surface area (Å²) in [6.45, 7) is -0.266. The Hall–Kier alpha value is -3.15. The Kier molecular flexibility index (Phi) is 3.34. The first-order valence-electron chi connectivity index (χ1n) is 6.58. The van der Waals surface area contributed by atoms with Gasteiger partial charge in [-0.15, -0.1) is 0 Å². The summed E-state index contributed by atoms with van der Waals surface area (Å²) in [6, 6.07) is 13.4. The Morgan fingerprint density at radius 2 is 1.77 bits per heavy atom. The van der Waals surface area contributed by atoms with E-state index >= 15 is 0 Å². The molecule has 6 nitrogen and oxygen atoms in total. The Morgan fingerprint density at radius 3 is 2.45 bits per heavy atom. The fourth-order valence-electron chi connectivity index (χ4n) is 2.27. The minimum Gasteiger partial charge on any atom is -0.408 e. The van der Waals surface area contributed by atoms with Crippen molar-refractivity contribution >= 4 is 22.8 Å². The van der Waals surface area contributed by atoms with Crippen molar-refractivity contribution in [1.82, 2.24) is 4.57 Å². The number of benzene rings is 2. The fraction of sp³-hybridized carbons (Fsp3) is 0.0625. The summed E-state index contributed by atoms with van der Waals surface area (Å²) in [5.74, 6) is -1.50. The standard InChI is InChI=1S/C16H12N2O4/c17-14(19)9-18-12-7-6-11(8-13(12)22-16(18)21)15(20)10-4-2-1-3-5-10/h1-8H,9H2,(H2,17,19). The van der Waals surface area contributed by atoms with Crippen molar-refractivity contribution in [2.45, 2.75) is 6.54 Å². The Morgan fingerprint density at radius 1 is 1.05 bits per heavy atom. The summed E-state index contributed by atoms with van der Waals surface area (Å²) >= 11 is 0. The van der Waals surface area contributed by atoms with E-state index in [0.717, 1.165) is 4.57 Å². The lowest BCUT2D eigenvalue weighted by molar-refractivity contribution is -0.118. The molecule has 1 aromatic heterocycles. The highest BCUT2D eigenvalue weighted by Gasteiger charge is 2.15. The molecule has 0 aliphatic rings. The van der Waals surface area contributed by atoms with Crippen LogP contribution in [0.1, 0.15) is 15.9 Å². The zero-order chi connectivity index (χ0) is 15.7. The molecule has 1 amide bonds. The van der Waals surface area contributed by atoms with E-state index in [4.69, 9.17) is 10.2 Å². The van der Waals surface area contributed by atoms with Crippen LogP contribution in [-0.4, -0.2) is 16.3 Å². The SMILES string of the molecule is NC(=O)Cn1c(=O)oc2cc(C(=O)c3ccccc3)ccc21. The second-order valence-electron chi connectivity index (χ2n) is 4.80. The van der Waals surface area contributed by atoms with Gasteiger partial charge in [0.1, 0.15) is 6.54 Å². The molecule has 3 rings (SSSR count). The van der Waals surface area contributed by atoms with Gasteiger partial charge in [0.15, 0.2) is 11.4 Å². The van der Waals surface area contributed by atoms with Crippen LogP contribution in [0.2, 0.25) is 0 Å². The van der Waals surface area contributed by atoms with Gasteiger partial charge in [-0.05, 0) is 18.2 Å². The minimum absolute atomic E-state index is 0.173. The van der Waals surface area contributed by atoms with Crippen LogP contribution < -0.4 is 11.5 Å². The van der Waals surface area contributed by atoms with Gasteiger partial charge in [-0.1, -0.05) is 30.3 Å². The molecule has 0 atom stereocenters. The van der Waals surface area contributed by atoms with Gasteiger partial charge in [-0.3, -0.25) is 14.2 Å². The summed E-state index contributed by atoms with van der Waals surface area (Å²) in [5, 5.41) is 0. The fourth-order valence-corrected chi connectivity index (χ4v) is 2.27. The summed E-state index contributed by atoms with van der Waals surface area (Å²) in [7, 11) is 0. The number of carbonyl (C=O) groups is 2. The molecular formula is C16H12N2O4. The number of primary amides is 1. The predicted molar refractivity (Wildman–Crippen MR) is 79.5 cm³/mol. The molecule has 2 N–H and O–H groups in total. The second kappa shape index (κ2) is 5.33. The van der Waals surface area contributed by atoms with Crippen molar-refractivity contribution in [3.63, 3.8) is 0 Å². The molecule has 0 saturated carbocycles. The van der Waals surface area contributed by atoms with E-state index in [0.29, 0.717) is 16.6 Å². The van der Waals surface area contributed by atoms with Gasteiger partial charge in [0.05, 0.1) is 5.52 Å². The number of nitrogens with zero attached hydrogens (tertiary/aromatic N) is 1. The maximum atomic E-state index is 12.4. The largest absolute Gasteiger partial charge is 0.420 e. The molecule has 0 aliphatic carbocycles. The first kappa shape index (κ1) is 13.8. The van der Waals surface area contributed by atoms with Crippen molar-refractivity contribution < 1.29 is 14.0 Å². The molecule has 110 valence electrons. The second-order valence-corrected chi connectivity index (χ2v) is 4.80. The third-order valence-corrected chi connectivity index (χ3v) is 3.28. The summed E-state index contributed by atoms with van der Waals surface area (Å²) in [5.41, 5.74) is 6.72. The summed E-state index contributed by atoms with van der Waals surface area (Å²) in [6.07, 6.45) is 0. The van der Waals surface area contributed by atoms with Gasteiger partial charge < -0.3 is 10.2 Å². The minimum atomic E-state index is -0.682. The van der Waals surface area contributed by atoms with Gasteiger partial charge >= 0.3 is 5.76 Å². The summed E-state index contributed by atoms with van der Waals surface area (Å²) in [4.78, 5) is 35.1. The third kappa shape index (κ3) is 2.42. The highest BCUT2D eigenvalue weighted by Crippen LogP contribution is 2.17. The average Bonchev–Trinajstić information content (AvgIpc) is 2.82. The number of carbonyl (C=O) groups excluding carboxylic acids is 2. The maximum Gasteiger partial charge on any atom is 0.420 e. The smallest absolute Gasteiger partial charge is 0.408 e. The van der Waals surface area contributed by atoms with Crippen molar-refractivity contribution in [1.29, 1.82) is 0 Å². The molecule has 1 heterocycles. The van der Waals surface area contributed by atoms with E-state index in [-0.39, 0.29) is 17.9 Å². The van der Waals surface area contributed by atoms with Crippen molar-refractivity contribution in [2.24, 2.45) is 5.73 Å². The predicted octanol–water partition coefficient (Wildman–Crippen LogP) is 1.31. The molecular weight excluding hydrogens is 284 g/mol. The zero-order valence-corrected chi connectivity index (χ0v) is 11.5. The number of nitrogens with two attached hydrogens (primary N) is 1. The first-order chi connectivity index (χ1) is 10.6. The highest BCUT2D eigenvalue weighted by molar-refractivity contribution is 6.10. The average molecular weight is 296 g/mol. The number of rotatable bonds is 4. The lowest BCUT2D eigenvalue weighted by atomic mass is 10.0.